The number of hydrogen-bond acceptors (Lipinski definition) is 6. The number of hydrogen-bond donors (Lipinski definition) is 2. The van der Waals surface area contributed by atoms with E-state index in [-0.39, 0.29) is 0 Å². The van der Waals surface area contributed by atoms with Crippen molar-refractivity contribution in [3.63, 3.8) is 0 Å². The molecule has 1 unspecified atom stereocenters. The molecule has 7 heteroatoms. The van der Waals surface area contributed by atoms with Gasteiger partial charge in [0, 0.05) is 17.3 Å². The SMILES string of the molecule is COc1ccc(-c2cc(C)c3c(n2)NNC3(C#N)c2ccnc(Cl)c2)cc1. The van der Waals surface area contributed by atoms with E-state index in [1.807, 2.05) is 37.3 Å². The first-order chi connectivity index (χ1) is 13.1. The van der Waals surface area contributed by atoms with Crippen LogP contribution in [-0.2, 0) is 5.54 Å². The van der Waals surface area contributed by atoms with E-state index in [9.17, 15) is 5.26 Å². The number of halogens is 1. The van der Waals surface area contributed by atoms with Gasteiger partial charge in [-0.1, -0.05) is 11.6 Å². The monoisotopic (exact) mass is 377 g/mol. The van der Waals surface area contributed by atoms with Gasteiger partial charge in [0.1, 0.15) is 16.7 Å². The molecule has 0 amide bonds. The molecular weight excluding hydrogens is 362 g/mol. The Balaban J connectivity index is 1.84. The van der Waals surface area contributed by atoms with Gasteiger partial charge in [0.2, 0.25) is 0 Å². The molecule has 1 aliphatic heterocycles. The smallest absolute Gasteiger partial charge is 0.178 e. The molecule has 0 saturated carbocycles. The van der Waals surface area contributed by atoms with E-state index in [0.717, 1.165) is 28.1 Å². The maximum atomic E-state index is 10.0. The molecule has 134 valence electrons. The molecule has 6 nitrogen and oxygen atoms in total. The van der Waals surface area contributed by atoms with Crippen LogP contribution in [0.1, 0.15) is 16.7 Å². The number of pyridine rings is 2. The molecule has 2 aromatic heterocycles. The number of fused-ring (bicyclic) bond motifs is 1. The van der Waals surface area contributed by atoms with Gasteiger partial charge in [0.15, 0.2) is 5.54 Å². The van der Waals surface area contributed by atoms with Crippen molar-refractivity contribution in [2.24, 2.45) is 0 Å². The van der Waals surface area contributed by atoms with Crippen LogP contribution in [0.3, 0.4) is 0 Å². The number of nitriles is 1. The summed E-state index contributed by atoms with van der Waals surface area (Å²) >= 11 is 6.04. The van der Waals surface area contributed by atoms with E-state index in [4.69, 9.17) is 21.3 Å². The average molecular weight is 378 g/mol. The van der Waals surface area contributed by atoms with E-state index in [2.05, 4.69) is 21.9 Å². The van der Waals surface area contributed by atoms with E-state index >= 15 is 0 Å². The summed E-state index contributed by atoms with van der Waals surface area (Å²) in [6, 6.07) is 15.5. The average Bonchev–Trinajstić information content (AvgIpc) is 3.08. The van der Waals surface area contributed by atoms with Crippen LogP contribution in [0.2, 0.25) is 5.15 Å². The van der Waals surface area contributed by atoms with Gasteiger partial charge in [-0.15, -0.1) is 0 Å². The van der Waals surface area contributed by atoms with Crippen molar-refractivity contribution in [1.82, 2.24) is 15.4 Å². The van der Waals surface area contributed by atoms with Crippen LogP contribution in [0, 0.1) is 18.3 Å². The molecule has 3 heterocycles. The number of rotatable bonds is 3. The van der Waals surface area contributed by atoms with Crippen LogP contribution in [0.4, 0.5) is 5.82 Å². The molecule has 1 aliphatic rings. The maximum absolute atomic E-state index is 10.0. The zero-order valence-electron chi connectivity index (χ0n) is 14.7. The van der Waals surface area contributed by atoms with E-state index in [1.54, 1.807) is 25.4 Å². The standard InChI is InChI=1S/C20H16ClN5O/c1-12-9-16(13-3-5-15(27-2)6-4-13)24-19-18(12)20(11-22,26-25-19)14-7-8-23-17(21)10-14/h3-10,26H,1-2H3,(H,24,25). The first-order valence-corrected chi connectivity index (χ1v) is 8.68. The van der Waals surface area contributed by atoms with Crippen molar-refractivity contribution in [3.8, 4) is 23.1 Å². The highest BCUT2D eigenvalue weighted by Crippen LogP contribution is 2.41. The topological polar surface area (TPSA) is 82.9 Å². The normalized spacial score (nSPS) is 17.7. The maximum Gasteiger partial charge on any atom is 0.178 e. The second-order valence-electron chi connectivity index (χ2n) is 6.26. The second kappa shape index (κ2) is 6.54. The van der Waals surface area contributed by atoms with Crippen LogP contribution < -0.4 is 15.6 Å². The Labute approximate surface area is 161 Å². The molecule has 3 aromatic rings. The van der Waals surface area contributed by atoms with Crippen LogP contribution in [0.5, 0.6) is 5.75 Å². The highest BCUT2D eigenvalue weighted by Gasteiger charge is 2.43. The fourth-order valence-electron chi connectivity index (χ4n) is 3.36. The van der Waals surface area contributed by atoms with Gasteiger partial charge in [-0.05, 0) is 60.5 Å². The predicted octanol–water partition coefficient (Wildman–Crippen LogP) is 3.81. The number of aryl methyl sites for hydroxylation is 1. The Hall–Kier alpha value is -3.14. The fourth-order valence-corrected chi connectivity index (χ4v) is 3.54. The van der Waals surface area contributed by atoms with E-state index in [1.165, 1.54) is 0 Å². The molecule has 0 fully saturated rings. The minimum atomic E-state index is -1.09. The molecule has 27 heavy (non-hydrogen) atoms. The highest BCUT2D eigenvalue weighted by atomic mass is 35.5. The molecule has 2 N–H and O–H groups in total. The van der Waals surface area contributed by atoms with Crippen LogP contribution in [-0.4, -0.2) is 17.1 Å². The third-order valence-electron chi connectivity index (χ3n) is 4.67. The molecule has 0 bridgehead atoms. The lowest BCUT2D eigenvalue weighted by Gasteiger charge is -2.23. The van der Waals surface area contributed by atoms with Crippen molar-refractivity contribution in [2.75, 3.05) is 12.5 Å². The molecule has 0 saturated heterocycles. The summed E-state index contributed by atoms with van der Waals surface area (Å²) in [4.78, 5) is 8.72. The largest absolute Gasteiger partial charge is 0.497 e. The van der Waals surface area contributed by atoms with Gasteiger partial charge in [0.05, 0.1) is 18.9 Å². The predicted molar refractivity (Wildman–Crippen MR) is 103 cm³/mol. The summed E-state index contributed by atoms with van der Waals surface area (Å²) in [6.45, 7) is 1.97. The van der Waals surface area contributed by atoms with Crippen LogP contribution in [0.25, 0.3) is 11.3 Å². The van der Waals surface area contributed by atoms with Gasteiger partial charge in [0.25, 0.3) is 0 Å². The van der Waals surface area contributed by atoms with Gasteiger partial charge in [-0.2, -0.15) is 5.26 Å². The van der Waals surface area contributed by atoms with E-state index < -0.39 is 5.54 Å². The third kappa shape index (κ3) is 2.78. The Morgan fingerprint density at radius 1 is 1.19 bits per heavy atom. The first-order valence-electron chi connectivity index (χ1n) is 8.30. The lowest BCUT2D eigenvalue weighted by molar-refractivity contribution is 0.415. The Bertz CT molecular complexity index is 1060. The molecule has 1 atom stereocenters. The van der Waals surface area contributed by atoms with Crippen molar-refractivity contribution >= 4 is 17.4 Å². The number of hydrazine groups is 1. The lowest BCUT2D eigenvalue weighted by atomic mass is 9.84. The summed E-state index contributed by atoms with van der Waals surface area (Å²) in [7, 11) is 1.63. The summed E-state index contributed by atoms with van der Waals surface area (Å²) in [5.41, 5.74) is 9.27. The Kier molecular flexibility index (Phi) is 4.19. The Morgan fingerprint density at radius 3 is 2.63 bits per heavy atom. The number of anilines is 1. The third-order valence-corrected chi connectivity index (χ3v) is 4.88. The number of nitrogens with zero attached hydrogens (tertiary/aromatic N) is 3. The Morgan fingerprint density at radius 2 is 1.96 bits per heavy atom. The quantitative estimate of drug-likeness (QED) is 0.675. The molecule has 0 spiro atoms. The summed E-state index contributed by atoms with van der Waals surface area (Å²) < 4.78 is 5.21. The molecule has 0 aliphatic carbocycles. The van der Waals surface area contributed by atoms with Crippen molar-refractivity contribution in [2.45, 2.75) is 12.5 Å². The number of benzene rings is 1. The van der Waals surface area contributed by atoms with Crippen LogP contribution >= 0.6 is 11.6 Å². The summed E-state index contributed by atoms with van der Waals surface area (Å²) in [6.07, 6.45) is 1.59. The van der Waals surface area contributed by atoms with Gasteiger partial charge < -0.3 is 10.2 Å². The number of aromatic nitrogens is 2. The van der Waals surface area contributed by atoms with Gasteiger partial charge in [-0.3, -0.25) is 0 Å². The van der Waals surface area contributed by atoms with Crippen molar-refractivity contribution in [3.05, 3.63) is 70.5 Å². The van der Waals surface area contributed by atoms with Crippen molar-refractivity contribution < 1.29 is 4.74 Å². The van der Waals surface area contributed by atoms with E-state index in [0.29, 0.717) is 16.5 Å². The lowest BCUT2D eigenvalue weighted by Crippen LogP contribution is -2.39. The summed E-state index contributed by atoms with van der Waals surface area (Å²) in [5, 5.41) is 10.3. The molecule has 4 rings (SSSR count). The number of nitrogens with one attached hydrogen (secondary N) is 2. The zero-order chi connectivity index (χ0) is 19.0. The van der Waals surface area contributed by atoms with Gasteiger partial charge >= 0.3 is 0 Å². The fraction of sp³-hybridized carbons (Fsp3) is 0.150. The molecule has 1 aromatic carbocycles. The van der Waals surface area contributed by atoms with Crippen molar-refractivity contribution in [1.29, 1.82) is 5.26 Å². The zero-order valence-corrected chi connectivity index (χ0v) is 15.5. The van der Waals surface area contributed by atoms with Crippen LogP contribution in [0.15, 0.2) is 48.7 Å². The number of methoxy groups -OCH3 is 1. The van der Waals surface area contributed by atoms with Gasteiger partial charge in [-0.25, -0.2) is 15.4 Å². The second-order valence-corrected chi connectivity index (χ2v) is 6.64. The molecule has 0 radical (unpaired) electrons. The minimum Gasteiger partial charge on any atom is -0.497 e. The molecular formula is C20H16ClN5O. The number of ether oxygens (including phenoxy) is 1. The summed E-state index contributed by atoms with van der Waals surface area (Å²) in [5.74, 6) is 1.41. The first kappa shape index (κ1) is 17.3. The minimum absolute atomic E-state index is 0.331. The highest BCUT2D eigenvalue weighted by molar-refractivity contribution is 6.29.